The van der Waals surface area contributed by atoms with Gasteiger partial charge in [-0.05, 0) is 6.92 Å². The van der Waals surface area contributed by atoms with Crippen LogP contribution in [0.1, 0.15) is 23.7 Å². The molecule has 2 heterocycles. The van der Waals surface area contributed by atoms with Gasteiger partial charge in [-0.3, -0.25) is 4.79 Å². The van der Waals surface area contributed by atoms with Gasteiger partial charge in [0.2, 0.25) is 17.6 Å². The molecule has 2 aromatic heterocycles. The summed E-state index contributed by atoms with van der Waals surface area (Å²) in [6.07, 6.45) is 0.627. The zero-order valence-corrected chi connectivity index (χ0v) is 12.5. The number of nitrogens with zero attached hydrogens (tertiary/aromatic N) is 4. The van der Waals surface area contributed by atoms with Gasteiger partial charge < -0.3 is 9.84 Å². The van der Waals surface area contributed by atoms with Crippen LogP contribution in [0.5, 0.6) is 0 Å². The highest BCUT2D eigenvalue weighted by atomic mass is 16.6. The fourth-order valence-corrected chi connectivity index (χ4v) is 1.96. The second-order valence-corrected chi connectivity index (χ2v) is 4.95. The topological polar surface area (TPSA) is 107 Å². The minimum absolute atomic E-state index is 0.133. The summed E-state index contributed by atoms with van der Waals surface area (Å²) >= 11 is 0. The first kappa shape index (κ1) is 14.9. The van der Waals surface area contributed by atoms with Crippen LogP contribution in [0.15, 0.2) is 39.5 Å². The fraction of sp³-hybridized carbons (Fsp3) is 0.267. The van der Waals surface area contributed by atoms with Crippen molar-refractivity contribution in [2.45, 2.75) is 26.3 Å². The molecule has 0 radical (unpaired) electrons. The van der Waals surface area contributed by atoms with Crippen LogP contribution in [0.25, 0.3) is 11.4 Å². The first-order chi connectivity index (χ1) is 11.2. The van der Waals surface area contributed by atoms with Crippen LogP contribution in [0.4, 0.5) is 0 Å². The molecule has 1 aromatic carbocycles. The lowest BCUT2D eigenvalue weighted by atomic mass is 10.2. The second-order valence-electron chi connectivity index (χ2n) is 4.95. The van der Waals surface area contributed by atoms with E-state index in [0.717, 1.165) is 5.56 Å². The number of amides is 1. The molecule has 1 N–H and O–H groups in total. The molecule has 0 saturated heterocycles. The number of aromatic nitrogens is 4. The van der Waals surface area contributed by atoms with Gasteiger partial charge in [0, 0.05) is 18.4 Å². The minimum Gasteiger partial charge on any atom is -0.350 e. The largest absolute Gasteiger partial charge is 0.350 e. The van der Waals surface area contributed by atoms with Gasteiger partial charge >= 0.3 is 0 Å². The molecule has 0 fully saturated rings. The Hall–Kier alpha value is -3.03. The van der Waals surface area contributed by atoms with E-state index in [2.05, 4.69) is 30.4 Å². The summed E-state index contributed by atoms with van der Waals surface area (Å²) in [5.41, 5.74) is 2.15. The van der Waals surface area contributed by atoms with E-state index in [4.69, 9.17) is 4.52 Å². The lowest BCUT2D eigenvalue weighted by Gasteiger charge is -2.01. The van der Waals surface area contributed by atoms with Crippen LogP contribution >= 0.6 is 0 Å². The molecule has 0 spiro atoms. The molecule has 0 atom stereocenters. The summed E-state index contributed by atoms with van der Waals surface area (Å²) in [7, 11) is 0. The Morgan fingerprint density at radius 2 is 2.00 bits per heavy atom. The van der Waals surface area contributed by atoms with Gasteiger partial charge in [-0.25, -0.2) is 4.63 Å². The van der Waals surface area contributed by atoms with Gasteiger partial charge in [-0.1, -0.05) is 45.8 Å². The number of nitrogens with one attached hydrogen (secondary N) is 1. The van der Waals surface area contributed by atoms with Crippen LogP contribution in [-0.4, -0.2) is 26.4 Å². The second kappa shape index (κ2) is 6.82. The van der Waals surface area contributed by atoms with Gasteiger partial charge in [0.05, 0.1) is 6.54 Å². The number of benzene rings is 1. The van der Waals surface area contributed by atoms with E-state index in [1.165, 1.54) is 0 Å². The third-order valence-corrected chi connectivity index (χ3v) is 3.27. The smallest absolute Gasteiger partial charge is 0.227 e. The maximum atomic E-state index is 11.8. The SMILES string of the molecule is Cc1nonc1CNC(=O)CCc1nc(-c2ccccc2)no1. The van der Waals surface area contributed by atoms with Crippen LogP contribution in [0.2, 0.25) is 0 Å². The minimum atomic E-state index is -0.133. The third-order valence-electron chi connectivity index (χ3n) is 3.27. The van der Waals surface area contributed by atoms with E-state index in [0.29, 0.717) is 29.5 Å². The standard InChI is InChI=1S/C15H15N5O3/c1-10-12(19-23-18-10)9-16-13(21)7-8-14-17-15(20-22-14)11-5-3-2-4-6-11/h2-6H,7-9H2,1H3,(H,16,21). The zero-order chi connectivity index (χ0) is 16.1. The van der Waals surface area contributed by atoms with Gasteiger partial charge in [-0.15, -0.1) is 0 Å². The van der Waals surface area contributed by atoms with Crippen molar-refractivity contribution in [1.29, 1.82) is 0 Å². The van der Waals surface area contributed by atoms with E-state index in [9.17, 15) is 4.79 Å². The number of carbonyl (C=O) groups excluding carboxylic acids is 1. The van der Waals surface area contributed by atoms with Crippen LogP contribution < -0.4 is 5.32 Å². The van der Waals surface area contributed by atoms with E-state index in [-0.39, 0.29) is 18.9 Å². The van der Waals surface area contributed by atoms with Gasteiger partial charge in [-0.2, -0.15) is 4.98 Å². The van der Waals surface area contributed by atoms with E-state index >= 15 is 0 Å². The van der Waals surface area contributed by atoms with Crippen LogP contribution in [0.3, 0.4) is 0 Å². The molecule has 0 aliphatic rings. The summed E-state index contributed by atoms with van der Waals surface area (Å²) in [4.78, 5) is 16.1. The number of hydrogen-bond donors (Lipinski definition) is 1. The third kappa shape index (κ3) is 3.79. The van der Waals surface area contributed by atoms with Gasteiger partial charge in [0.15, 0.2) is 0 Å². The van der Waals surface area contributed by atoms with Gasteiger partial charge in [0.1, 0.15) is 11.4 Å². The molecule has 118 valence electrons. The van der Waals surface area contributed by atoms with Crippen LogP contribution in [0, 0.1) is 6.92 Å². The highest BCUT2D eigenvalue weighted by Gasteiger charge is 2.11. The Morgan fingerprint density at radius 1 is 1.17 bits per heavy atom. The Labute approximate surface area is 131 Å². The monoisotopic (exact) mass is 313 g/mol. The molecule has 23 heavy (non-hydrogen) atoms. The first-order valence-corrected chi connectivity index (χ1v) is 7.15. The van der Waals surface area contributed by atoms with Crippen LogP contribution in [-0.2, 0) is 17.8 Å². The molecule has 3 aromatic rings. The Morgan fingerprint density at radius 3 is 2.74 bits per heavy atom. The van der Waals surface area contributed by atoms with Crippen molar-refractivity contribution in [2.75, 3.05) is 0 Å². The number of rotatable bonds is 6. The summed E-state index contributed by atoms with van der Waals surface area (Å²) in [5, 5.41) is 14.0. The van der Waals surface area contributed by atoms with E-state index in [1.807, 2.05) is 30.3 Å². The quantitative estimate of drug-likeness (QED) is 0.737. The predicted molar refractivity (Wildman–Crippen MR) is 78.9 cm³/mol. The molecule has 0 aliphatic heterocycles. The zero-order valence-electron chi connectivity index (χ0n) is 12.5. The first-order valence-electron chi connectivity index (χ1n) is 7.15. The molecule has 3 rings (SSSR count). The van der Waals surface area contributed by atoms with Crippen molar-refractivity contribution in [3.8, 4) is 11.4 Å². The molecule has 0 saturated carbocycles. The molecular formula is C15H15N5O3. The number of aryl methyl sites for hydroxylation is 2. The van der Waals surface area contributed by atoms with Crippen molar-refractivity contribution in [3.63, 3.8) is 0 Å². The number of carbonyl (C=O) groups is 1. The summed E-state index contributed by atoms with van der Waals surface area (Å²) in [5.74, 6) is 0.815. The van der Waals surface area contributed by atoms with Crippen molar-refractivity contribution in [1.82, 2.24) is 25.8 Å². The molecule has 0 unspecified atom stereocenters. The molecule has 8 nitrogen and oxygen atoms in total. The molecule has 0 aliphatic carbocycles. The van der Waals surface area contributed by atoms with Crippen molar-refractivity contribution in [3.05, 3.63) is 47.6 Å². The predicted octanol–water partition coefficient (Wildman–Crippen LogP) is 1.68. The highest BCUT2D eigenvalue weighted by molar-refractivity contribution is 5.76. The van der Waals surface area contributed by atoms with E-state index < -0.39 is 0 Å². The summed E-state index contributed by atoms with van der Waals surface area (Å²) in [6, 6.07) is 9.52. The lowest BCUT2D eigenvalue weighted by molar-refractivity contribution is -0.121. The van der Waals surface area contributed by atoms with Gasteiger partial charge in [0.25, 0.3) is 0 Å². The molecule has 0 bridgehead atoms. The average Bonchev–Trinajstić information content (AvgIpc) is 3.21. The Bertz CT molecular complexity index is 781. The summed E-state index contributed by atoms with van der Waals surface area (Å²) < 4.78 is 9.73. The van der Waals surface area contributed by atoms with E-state index in [1.54, 1.807) is 6.92 Å². The molecular weight excluding hydrogens is 298 g/mol. The van der Waals surface area contributed by atoms with Crippen molar-refractivity contribution in [2.24, 2.45) is 0 Å². The molecule has 8 heteroatoms. The average molecular weight is 313 g/mol. The maximum Gasteiger partial charge on any atom is 0.227 e. The Balaban J connectivity index is 1.50. The van der Waals surface area contributed by atoms with Crippen molar-refractivity contribution >= 4 is 5.91 Å². The fourth-order valence-electron chi connectivity index (χ4n) is 1.96. The highest BCUT2D eigenvalue weighted by Crippen LogP contribution is 2.15. The maximum absolute atomic E-state index is 11.8. The number of hydrogen-bond acceptors (Lipinski definition) is 7. The Kier molecular flexibility index (Phi) is 4.41. The lowest BCUT2D eigenvalue weighted by Crippen LogP contribution is -2.23. The molecule has 1 amide bonds. The normalized spacial score (nSPS) is 10.7. The van der Waals surface area contributed by atoms with Crippen molar-refractivity contribution < 1.29 is 13.9 Å². The summed E-state index contributed by atoms with van der Waals surface area (Å²) in [6.45, 7) is 2.05.